The number of amides is 1. The molecular formula is C21H16N2O4. The summed E-state index contributed by atoms with van der Waals surface area (Å²) in [5.74, 6) is 0.309. The van der Waals surface area contributed by atoms with E-state index in [-0.39, 0.29) is 11.5 Å². The first-order valence-electron chi connectivity index (χ1n) is 8.30. The normalized spacial score (nSPS) is 13.9. The van der Waals surface area contributed by atoms with Gasteiger partial charge >= 0.3 is 0 Å². The van der Waals surface area contributed by atoms with E-state index >= 15 is 0 Å². The molecular weight excluding hydrogens is 344 g/mol. The Labute approximate surface area is 155 Å². The van der Waals surface area contributed by atoms with Crippen molar-refractivity contribution in [3.63, 3.8) is 0 Å². The van der Waals surface area contributed by atoms with Crippen LogP contribution >= 0.6 is 0 Å². The molecule has 6 nitrogen and oxygen atoms in total. The van der Waals surface area contributed by atoms with Gasteiger partial charge in [0.25, 0.3) is 5.91 Å². The van der Waals surface area contributed by atoms with E-state index < -0.39 is 5.91 Å². The van der Waals surface area contributed by atoms with Crippen LogP contribution in [0.4, 0.5) is 0 Å². The fraction of sp³-hybridized carbons (Fsp3) is 0.0952. The number of hydrogen-bond donors (Lipinski definition) is 1. The van der Waals surface area contributed by atoms with Crippen molar-refractivity contribution in [1.82, 2.24) is 5.43 Å². The van der Waals surface area contributed by atoms with Crippen LogP contribution in [-0.4, -0.2) is 31.6 Å². The predicted molar refractivity (Wildman–Crippen MR) is 102 cm³/mol. The minimum absolute atomic E-state index is 0.203. The Balaban J connectivity index is 1.67. The number of hydrogen-bond acceptors (Lipinski definition) is 5. The summed E-state index contributed by atoms with van der Waals surface area (Å²) in [6, 6.07) is 16.0. The van der Waals surface area contributed by atoms with Gasteiger partial charge in [-0.25, -0.2) is 5.43 Å². The van der Waals surface area contributed by atoms with E-state index in [2.05, 4.69) is 10.5 Å². The van der Waals surface area contributed by atoms with Crippen molar-refractivity contribution in [2.75, 3.05) is 14.2 Å². The largest absolute Gasteiger partial charge is 0.497 e. The number of carbonyl (C=O) groups is 2. The van der Waals surface area contributed by atoms with Crippen molar-refractivity contribution < 1.29 is 19.1 Å². The highest BCUT2D eigenvalue weighted by Gasteiger charge is 2.29. The first-order valence-corrected chi connectivity index (χ1v) is 8.30. The molecule has 0 bridgehead atoms. The van der Waals surface area contributed by atoms with Gasteiger partial charge in [-0.1, -0.05) is 36.4 Å². The van der Waals surface area contributed by atoms with E-state index in [1.807, 2.05) is 30.3 Å². The van der Waals surface area contributed by atoms with E-state index in [9.17, 15) is 9.59 Å². The summed E-state index contributed by atoms with van der Waals surface area (Å²) < 4.78 is 10.3. The molecule has 0 radical (unpaired) electrons. The topological polar surface area (TPSA) is 77.0 Å². The molecule has 1 amide bonds. The second kappa shape index (κ2) is 6.57. The van der Waals surface area contributed by atoms with Crippen molar-refractivity contribution in [3.8, 4) is 11.5 Å². The van der Waals surface area contributed by atoms with Crippen molar-refractivity contribution in [1.29, 1.82) is 0 Å². The smallest absolute Gasteiger partial charge is 0.271 e. The van der Waals surface area contributed by atoms with Gasteiger partial charge in [-0.15, -0.1) is 0 Å². The first-order chi connectivity index (χ1) is 13.1. The highest BCUT2D eigenvalue weighted by Crippen LogP contribution is 2.31. The minimum Gasteiger partial charge on any atom is -0.497 e. The molecule has 3 aromatic rings. The van der Waals surface area contributed by atoms with Crippen LogP contribution in [0.1, 0.15) is 26.3 Å². The number of nitrogens with zero attached hydrogens (tertiary/aromatic N) is 1. The SMILES string of the molecule is COc1cc(OC)cc(C(=O)N/N=C2\C(=O)c3cccc4cccc2c34)c1. The maximum Gasteiger partial charge on any atom is 0.271 e. The van der Waals surface area contributed by atoms with Gasteiger partial charge < -0.3 is 9.47 Å². The highest BCUT2D eigenvalue weighted by atomic mass is 16.5. The lowest BCUT2D eigenvalue weighted by Crippen LogP contribution is -2.22. The van der Waals surface area contributed by atoms with Crippen molar-refractivity contribution in [2.24, 2.45) is 5.10 Å². The molecule has 0 unspecified atom stereocenters. The summed E-state index contributed by atoms with van der Waals surface area (Å²) in [7, 11) is 3.01. The monoisotopic (exact) mass is 360 g/mol. The lowest BCUT2D eigenvalue weighted by atomic mass is 10.1. The number of ether oxygens (including phenoxy) is 2. The molecule has 0 saturated carbocycles. The molecule has 0 spiro atoms. The van der Waals surface area contributed by atoms with Gasteiger partial charge in [0, 0.05) is 28.1 Å². The van der Waals surface area contributed by atoms with Gasteiger partial charge in [0.05, 0.1) is 14.2 Å². The Morgan fingerprint density at radius 3 is 2.19 bits per heavy atom. The van der Waals surface area contributed by atoms with Crippen molar-refractivity contribution >= 4 is 28.2 Å². The summed E-state index contributed by atoms with van der Waals surface area (Å²) >= 11 is 0. The van der Waals surface area contributed by atoms with Gasteiger partial charge in [0.1, 0.15) is 17.2 Å². The van der Waals surface area contributed by atoms with Gasteiger partial charge in [0.2, 0.25) is 5.78 Å². The third-order valence-electron chi connectivity index (χ3n) is 4.50. The second-order valence-corrected chi connectivity index (χ2v) is 6.04. The molecule has 27 heavy (non-hydrogen) atoms. The molecule has 1 N–H and O–H groups in total. The molecule has 0 fully saturated rings. The zero-order valence-electron chi connectivity index (χ0n) is 14.8. The number of methoxy groups -OCH3 is 2. The number of carbonyl (C=O) groups excluding carboxylic acids is 2. The van der Waals surface area contributed by atoms with E-state index in [1.54, 1.807) is 24.3 Å². The zero-order valence-corrected chi connectivity index (χ0v) is 14.8. The Morgan fingerprint density at radius 2 is 1.56 bits per heavy atom. The molecule has 0 atom stereocenters. The average molecular weight is 360 g/mol. The number of hydrazone groups is 1. The summed E-state index contributed by atoms with van der Waals surface area (Å²) in [5, 5.41) is 5.94. The molecule has 0 aliphatic heterocycles. The van der Waals surface area contributed by atoms with Crippen LogP contribution in [0.3, 0.4) is 0 Å². The number of rotatable bonds is 4. The van der Waals surface area contributed by atoms with Crippen LogP contribution < -0.4 is 14.9 Å². The van der Waals surface area contributed by atoms with Crippen LogP contribution in [0.15, 0.2) is 59.7 Å². The summed E-state index contributed by atoms with van der Waals surface area (Å²) in [6.07, 6.45) is 0. The third kappa shape index (κ3) is 2.81. The molecule has 0 saturated heterocycles. The molecule has 1 aliphatic carbocycles. The second-order valence-electron chi connectivity index (χ2n) is 6.04. The van der Waals surface area contributed by atoms with Crippen LogP contribution in [-0.2, 0) is 0 Å². The van der Waals surface area contributed by atoms with E-state index in [4.69, 9.17) is 9.47 Å². The van der Waals surface area contributed by atoms with Crippen molar-refractivity contribution in [2.45, 2.75) is 0 Å². The van der Waals surface area contributed by atoms with Gasteiger partial charge in [-0.2, -0.15) is 5.10 Å². The Kier molecular flexibility index (Phi) is 4.08. The fourth-order valence-corrected chi connectivity index (χ4v) is 3.20. The number of nitrogens with one attached hydrogen (secondary N) is 1. The van der Waals surface area contributed by atoms with E-state index in [0.29, 0.717) is 22.6 Å². The van der Waals surface area contributed by atoms with Gasteiger partial charge in [-0.05, 0) is 17.5 Å². The molecule has 134 valence electrons. The first kappa shape index (κ1) is 16.8. The molecule has 1 aliphatic rings. The maximum atomic E-state index is 12.7. The van der Waals surface area contributed by atoms with Crippen LogP contribution in [0.25, 0.3) is 10.8 Å². The number of Topliss-reactive ketones (excluding diaryl/α,β-unsaturated/α-hetero) is 1. The lowest BCUT2D eigenvalue weighted by Gasteiger charge is -2.07. The fourth-order valence-electron chi connectivity index (χ4n) is 3.20. The Hall–Kier alpha value is -3.67. The van der Waals surface area contributed by atoms with Crippen LogP contribution in [0.2, 0.25) is 0 Å². The molecule has 6 heteroatoms. The third-order valence-corrected chi connectivity index (χ3v) is 4.50. The van der Waals surface area contributed by atoms with E-state index in [1.165, 1.54) is 14.2 Å². The van der Waals surface area contributed by atoms with Gasteiger partial charge in [-0.3, -0.25) is 9.59 Å². The van der Waals surface area contributed by atoms with Crippen LogP contribution in [0, 0.1) is 0 Å². The molecule has 3 aromatic carbocycles. The quantitative estimate of drug-likeness (QED) is 0.725. The molecule has 0 aromatic heterocycles. The summed E-state index contributed by atoms with van der Waals surface area (Å²) in [6.45, 7) is 0. The van der Waals surface area contributed by atoms with Crippen molar-refractivity contribution in [3.05, 3.63) is 71.3 Å². The summed E-state index contributed by atoms with van der Waals surface area (Å²) in [5.41, 5.74) is 4.33. The molecule has 4 rings (SSSR count). The number of ketones is 1. The number of benzene rings is 3. The lowest BCUT2D eigenvalue weighted by molar-refractivity contribution is 0.0954. The Morgan fingerprint density at radius 1 is 0.926 bits per heavy atom. The standard InChI is InChI=1S/C21H16N2O4/c1-26-14-9-13(10-15(11-14)27-2)21(25)23-22-19-16-7-3-5-12-6-4-8-17(18(12)16)20(19)24/h3-11H,1-2H3,(H,23,25)/b22-19-. The van der Waals surface area contributed by atoms with E-state index in [0.717, 1.165) is 16.3 Å². The summed E-state index contributed by atoms with van der Waals surface area (Å²) in [4.78, 5) is 25.2. The maximum absolute atomic E-state index is 12.7. The predicted octanol–water partition coefficient (Wildman–Crippen LogP) is 3.19. The van der Waals surface area contributed by atoms with Crippen LogP contribution in [0.5, 0.6) is 11.5 Å². The average Bonchev–Trinajstić information content (AvgIpc) is 2.99. The van der Waals surface area contributed by atoms with Gasteiger partial charge in [0.15, 0.2) is 0 Å². The Bertz CT molecular complexity index is 1090. The molecule has 0 heterocycles. The highest BCUT2D eigenvalue weighted by molar-refractivity contribution is 6.59. The zero-order chi connectivity index (χ0) is 19.0. The minimum atomic E-state index is -0.462.